The van der Waals surface area contributed by atoms with Crippen LogP contribution in [0, 0.1) is 37.5 Å². The molecule has 5 heteroatoms. The first-order chi connectivity index (χ1) is 13.0. The molecule has 1 heterocycles. The van der Waals surface area contributed by atoms with E-state index in [0.29, 0.717) is 22.9 Å². The highest BCUT2D eigenvalue weighted by molar-refractivity contribution is 5.90. The SMILES string of the molecule is C#CCOc1ccc(/C=C(/C#N)c2nc3cc(C)c(C)cc3[nH]2)cc1OC. The van der Waals surface area contributed by atoms with Gasteiger partial charge in [-0.3, -0.25) is 0 Å². The summed E-state index contributed by atoms with van der Waals surface area (Å²) in [6.45, 7) is 4.25. The molecule has 0 saturated carbocycles. The number of H-pyrrole nitrogens is 1. The third kappa shape index (κ3) is 3.78. The molecule has 0 aliphatic carbocycles. The highest BCUT2D eigenvalue weighted by Gasteiger charge is 2.11. The van der Waals surface area contributed by atoms with Crippen LogP contribution in [0.3, 0.4) is 0 Å². The summed E-state index contributed by atoms with van der Waals surface area (Å²) in [4.78, 5) is 7.78. The first-order valence-electron chi connectivity index (χ1n) is 8.39. The van der Waals surface area contributed by atoms with E-state index >= 15 is 0 Å². The van der Waals surface area contributed by atoms with Crippen LogP contribution in [-0.2, 0) is 0 Å². The smallest absolute Gasteiger partial charge is 0.162 e. The number of aromatic nitrogens is 2. The van der Waals surface area contributed by atoms with Crippen LogP contribution in [0.25, 0.3) is 22.7 Å². The molecule has 0 spiro atoms. The maximum atomic E-state index is 9.62. The number of benzene rings is 2. The molecule has 0 unspecified atom stereocenters. The number of nitrogens with one attached hydrogen (secondary N) is 1. The summed E-state index contributed by atoms with van der Waals surface area (Å²) >= 11 is 0. The molecule has 1 aromatic heterocycles. The van der Waals surface area contributed by atoms with Crippen LogP contribution in [0.2, 0.25) is 0 Å². The maximum Gasteiger partial charge on any atom is 0.162 e. The largest absolute Gasteiger partial charge is 0.493 e. The predicted octanol–water partition coefficient (Wildman–Crippen LogP) is 4.26. The Hall–Kier alpha value is -3.70. The minimum atomic E-state index is 0.160. The molecule has 3 aromatic rings. The first kappa shape index (κ1) is 18.1. The van der Waals surface area contributed by atoms with Crippen molar-refractivity contribution in [3.8, 4) is 29.9 Å². The summed E-state index contributed by atoms with van der Waals surface area (Å²) < 4.78 is 10.8. The van der Waals surface area contributed by atoms with E-state index in [2.05, 4.69) is 22.0 Å². The van der Waals surface area contributed by atoms with Gasteiger partial charge >= 0.3 is 0 Å². The molecule has 0 radical (unpaired) electrons. The second-order valence-corrected chi connectivity index (χ2v) is 6.11. The Labute approximate surface area is 158 Å². The summed E-state index contributed by atoms with van der Waals surface area (Å²) in [5.74, 6) is 4.06. The normalized spacial score (nSPS) is 11.1. The minimum absolute atomic E-state index is 0.160. The molecule has 1 N–H and O–H groups in total. The Balaban J connectivity index is 1.99. The molecule has 0 bridgehead atoms. The van der Waals surface area contributed by atoms with Crippen molar-refractivity contribution in [2.24, 2.45) is 0 Å². The lowest BCUT2D eigenvalue weighted by Gasteiger charge is -2.09. The molecule has 134 valence electrons. The number of rotatable bonds is 5. The van der Waals surface area contributed by atoms with Crippen molar-refractivity contribution in [3.63, 3.8) is 0 Å². The maximum absolute atomic E-state index is 9.62. The van der Waals surface area contributed by atoms with Crippen LogP contribution in [0.1, 0.15) is 22.5 Å². The van der Waals surface area contributed by atoms with Crippen molar-refractivity contribution < 1.29 is 9.47 Å². The van der Waals surface area contributed by atoms with Gasteiger partial charge in [0.25, 0.3) is 0 Å². The van der Waals surface area contributed by atoms with Gasteiger partial charge in [-0.1, -0.05) is 12.0 Å². The molecule has 0 atom stereocenters. The van der Waals surface area contributed by atoms with Crippen molar-refractivity contribution in [1.82, 2.24) is 9.97 Å². The number of ether oxygens (including phenoxy) is 2. The molecule has 5 nitrogen and oxygen atoms in total. The number of aromatic amines is 1. The van der Waals surface area contributed by atoms with Crippen LogP contribution < -0.4 is 9.47 Å². The van der Waals surface area contributed by atoms with E-state index in [1.165, 1.54) is 5.56 Å². The van der Waals surface area contributed by atoms with E-state index in [1.54, 1.807) is 25.3 Å². The van der Waals surface area contributed by atoms with Gasteiger partial charge in [0, 0.05) is 0 Å². The molecule has 2 aromatic carbocycles. The van der Waals surface area contributed by atoms with Gasteiger partial charge in [0.15, 0.2) is 11.5 Å². The number of hydrogen-bond donors (Lipinski definition) is 1. The van der Waals surface area contributed by atoms with Crippen LogP contribution >= 0.6 is 0 Å². The zero-order valence-corrected chi connectivity index (χ0v) is 15.5. The number of aryl methyl sites for hydroxylation is 2. The summed E-state index contributed by atoms with van der Waals surface area (Å²) in [5, 5.41) is 9.62. The number of allylic oxidation sites excluding steroid dienone is 1. The van der Waals surface area contributed by atoms with E-state index in [9.17, 15) is 5.26 Å². The lowest BCUT2D eigenvalue weighted by atomic mass is 10.1. The van der Waals surface area contributed by atoms with Crippen molar-refractivity contribution in [1.29, 1.82) is 5.26 Å². The number of nitriles is 1. The van der Waals surface area contributed by atoms with Crippen molar-refractivity contribution in [2.75, 3.05) is 13.7 Å². The molecule has 3 rings (SSSR count). The van der Waals surface area contributed by atoms with Gasteiger partial charge in [-0.25, -0.2) is 4.98 Å². The third-order valence-corrected chi connectivity index (χ3v) is 4.28. The highest BCUT2D eigenvalue weighted by Crippen LogP contribution is 2.30. The van der Waals surface area contributed by atoms with Gasteiger partial charge < -0.3 is 14.5 Å². The fourth-order valence-electron chi connectivity index (χ4n) is 2.73. The van der Waals surface area contributed by atoms with Crippen LogP contribution in [-0.4, -0.2) is 23.7 Å². The van der Waals surface area contributed by atoms with Gasteiger partial charge in [-0.05, 0) is 60.9 Å². The van der Waals surface area contributed by atoms with Crippen LogP contribution in [0.5, 0.6) is 11.5 Å². The molecule has 0 saturated heterocycles. The summed E-state index contributed by atoms with van der Waals surface area (Å²) in [5.41, 5.74) is 5.31. The van der Waals surface area contributed by atoms with E-state index < -0.39 is 0 Å². The lowest BCUT2D eigenvalue weighted by molar-refractivity contribution is 0.331. The van der Waals surface area contributed by atoms with Gasteiger partial charge in [0.05, 0.1) is 23.7 Å². The predicted molar refractivity (Wildman–Crippen MR) is 106 cm³/mol. The van der Waals surface area contributed by atoms with Crippen LogP contribution in [0.15, 0.2) is 30.3 Å². The van der Waals surface area contributed by atoms with Crippen molar-refractivity contribution in [3.05, 3.63) is 52.8 Å². The van der Waals surface area contributed by atoms with E-state index in [-0.39, 0.29) is 6.61 Å². The number of methoxy groups -OCH3 is 1. The van der Waals surface area contributed by atoms with Crippen LogP contribution in [0.4, 0.5) is 0 Å². The molecule has 0 aliphatic rings. The molecule has 27 heavy (non-hydrogen) atoms. The standard InChI is InChI=1S/C22H19N3O2/c1-5-8-27-20-7-6-16(12-21(20)26-4)11-17(13-23)22-24-18-9-14(2)15(3)10-19(18)25-22/h1,6-7,9-12H,8H2,2-4H3,(H,24,25)/b17-11-. The topological polar surface area (TPSA) is 70.9 Å². The first-order valence-corrected chi connectivity index (χ1v) is 8.39. The zero-order chi connectivity index (χ0) is 19.4. The molecule has 0 amide bonds. The number of nitrogens with zero attached hydrogens (tertiary/aromatic N) is 2. The fraction of sp³-hybridized carbons (Fsp3) is 0.182. The Bertz CT molecular complexity index is 1070. The second kappa shape index (κ2) is 7.68. The average Bonchev–Trinajstić information content (AvgIpc) is 3.07. The number of terminal acetylenes is 1. The average molecular weight is 357 g/mol. The Kier molecular flexibility index (Phi) is 5.15. The second-order valence-electron chi connectivity index (χ2n) is 6.11. The zero-order valence-electron chi connectivity index (χ0n) is 15.5. The van der Waals surface area contributed by atoms with Gasteiger partial charge in [-0.15, -0.1) is 6.42 Å². The third-order valence-electron chi connectivity index (χ3n) is 4.28. The highest BCUT2D eigenvalue weighted by atomic mass is 16.5. The van der Waals surface area contributed by atoms with Crippen molar-refractivity contribution in [2.45, 2.75) is 13.8 Å². The molecular weight excluding hydrogens is 338 g/mol. The molecule has 0 fully saturated rings. The number of fused-ring (bicyclic) bond motifs is 1. The van der Waals surface area contributed by atoms with Gasteiger partial charge in [0.2, 0.25) is 0 Å². The van der Waals surface area contributed by atoms with Gasteiger partial charge in [-0.2, -0.15) is 5.26 Å². The van der Waals surface area contributed by atoms with Crippen molar-refractivity contribution >= 4 is 22.7 Å². The van der Waals surface area contributed by atoms with E-state index in [1.807, 2.05) is 32.0 Å². The summed E-state index contributed by atoms with van der Waals surface area (Å²) in [6.07, 6.45) is 6.98. The Morgan fingerprint density at radius 2 is 2.00 bits per heavy atom. The number of hydrogen-bond acceptors (Lipinski definition) is 4. The number of imidazole rings is 1. The summed E-state index contributed by atoms with van der Waals surface area (Å²) in [7, 11) is 1.56. The quantitative estimate of drug-likeness (QED) is 0.547. The molecular formula is C22H19N3O2. The lowest BCUT2D eigenvalue weighted by Crippen LogP contribution is -1.97. The molecule has 0 aliphatic heterocycles. The Morgan fingerprint density at radius 3 is 2.70 bits per heavy atom. The monoisotopic (exact) mass is 357 g/mol. The Morgan fingerprint density at radius 1 is 1.22 bits per heavy atom. The van der Waals surface area contributed by atoms with E-state index in [4.69, 9.17) is 15.9 Å². The minimum Gasteiger partial charge on any atom is -0.493 e. The summed E-state index contributed by atoms with van der Waals surface area (Å²) in [6, 6.07) is 11.7. The van der Waals surface area contributed by atoms with Gasteiger partial charge in [0.1, 0.15) is 18.5 Å². The fourth-order valence-corrected chi connectivity index (χ4v) is 2.73. The van der Waals surface area contributed by atoms with E-state index in [0.717, 1.165) is 22.2 Å².